The van der Waals surface area contributed by atoms with Crippen LogP contribution in [-0.2, 0) is 9.59 Å². The molecule has 109 heavy (non-hydrogen) atoms. The molecule has 28 heteroatoms. The van der Waals surface area contributed by atoms with E-state index in [1.54, 1.807) is 152 Å². The van der Waals surface area contributed by atoms with Gasteiger partial charge in [-0.3, -0.25) is 48.8 Å². The molecule has 4 N–H and O–H groups in total. The molecule has 0 atom stereocenters. The van der Waals surface area contributed by atoms with E-state index in [0.29, 0.717) is 105 Å². The van der Waals surface area contributed by atoms with Crippen molar-refractivity contribution in [2.24, 2.45) is 0 Å². The van der Waals surface area contributed by atoms with Gasteiger partial charge >= 0.3 is 48.0 Å². The van der Waals surface area contributed by atoms with Crippen molar-refractivity contribution in [2.75, 3.05) is 151 Å². The number of hydrogen-bond acceptors (Lipinski definition) is 13. The molecule has 10 amide bonds. The first-order valence-electron chi connectivity index (χ1n) is 35.6. The number of aryl methyl sites for hydroxylation is 3. The largest absolute Gasteiger partial charge is 0.484 e. The molecular weight excluding hydrogens is 1400 g/mol. The lowest BCUT2D eigenvalue weighted by molar-refractivity contribution is -0.135. The molecule has 8 aromatic rings. The van der Waals surface area contributed by atoms with Gasteiger partial charge in [0.1, 0.15) is 17.3 Å². The molecule has 14 rings (SSSR count). The maximum Gasteiger partial charge on any atom is 0.335 e. The standard InChI is InChI=1S/C23H26N4O5.C23H25N3O5.C18H18N2O3.C17H15FN2O3/c1-24-9-11-25(12-10-24)21(28)16-32-20-7-5-18(6-8-20)26-13-14-27(23(26)31)19-4-2-3-17(15-19)22(29)30;27-21(24-11-2-1-3-12-24)16-31-20-9-7-18(8-10-20)25-13-14-26(23(25)30)19-6-4-5-17(15-19)22(28)29;1-12-3-7-15(8-4-12)19-9-10-20(18(19)23)16-11-14(17(21)22)6-5-13(16)2;1-11-5-6-15(14(18)9-11)20-8-7-19(17(20)23)13-4-2-3-12(10-13)16(21)22/h2-8,15H,9-14,16H2,1H3,(H,29,30);4-10,15H,1-3,11-14,16H2,(H,28,29);3-8,11H,9-10H2,1-2H3,(H,21,22);2-6,9-10H,7-8H2,1H3,(H,21,22). The number of carboxylic acid groups (broad SMARTS) is 4. The number of carbonyl (C=O) groups is 10. The molecule has 0 aromatic heterocycles. The van der Waals surface area contributed by atoms with Crippen LogP contribution in [0.15, 0.2) is 182 Å². The summed E-state index contributed by atoms with van der Waals surface area (Å²) in [5.41, 5.74) is 8.17. The van der Waals surface area contributed by atoms with Gasteiger partial charge in [0.15, 0.2) is 13.2 Å². The third-order valence-corrected chi connectivity index (χ3v) is 19.3. The average Bonchev–Trinajstić information content (AvgIpc) is 1.69. The van der Waals surface area contributed by atoms with Crippen molar-refractivity contribution in [3.8, 4) is 11.5 Å². The number of carboxylic acids is 4. The summed E-state index contributed by atoms with van der Waals surface area (Å²) in [6.07, 6.45) is 3.26. The van der Waals surface area contributed by atoms with Gasteiger partial charge in [0, 0.05) is 131 Å². The van der Waals surface area contributed by atoms with Crippen molar-refractivity contribution in [2.45, 2.75) is 40.0 Å². The number of halogens is 1. The highest BCUT2D eigenvalue weighted by molar-refractivity contribution is 6.10. The van der Waals surface area contributed by atoms with Crippen LogP contribution in [0.5, 0.6) is 11.5 Å². The maximum absolute atomic E-state index is 14.1. The van der Waals surface area contributed by atoms with E-state index in [9.17, 15) is 62.5 Å². The number of amides is 10. The Bertz CT molecular complexity index is 4700. The minimum atomic E-state index is -1.06. The number of rotatable bonds is 18. The molecular formula is C81H84FN11O16. The van der Waals surface area contributed by atoms with E-state index in [1.807, 2.05) is 55.0 Å². The zero-order chi connectivity index (χ0) is 77.6. The predicted octanol–water partition coefficient (Wildman–Crippen LogP) is 11.9. The number of piperidine rings is 1. The summed E-state index contributed by atoms with van der Waals surface area (Å²) >= 11 is 0. The molecule has 0 radical (unpaired) electrons. The lowest BCUT2D eigenvalue weighted by Gasteiger charge is -2.32. The Labute approximate surface area is 628 Å². The van der Waals surface area contributed by atoms with Crippen LogP contribution >= 0.6 is 0 Å². The van der Waals surface area contributed by atoms with Gasteiger partial charge in [-0.2, -0.15) is 0 Å². The Kier molecular flexibility index (Phi) is 24.8. The highest BCUT2D eigenvalue weighted by Gasteiger charge is 2.36. The number of nitrogens with zero attached hydrogens (tertiary/aromatic N) is 11. The van der Waals surface area contributed by atoms with Crippen LogP contribution in [-0.4, -0.2) is 207 Å². The number of aromatic carboxylic acids is 4. The Morgan fingerprint density at radius 2 is 0.679 bits per heavy atom. The Hall–Kier alpha value is -12.9. The fraction of sp³-hybridized carbons (Fsp3) is 0.284. The minimum absolute atomic E-state index is 0.00210. The summed E-state index contributed by atoms with van der Waals surface area (Å²) in [6, 6.07) is 49.4. The first-order valence-corrected chi connectivity index (χ1v) is 35.6. The molecule has 6 heterocycles. The number of carbonyl (C=O) groups excluding carboxylic acids is 6. The Morgan fingerprint density at radius 3 is 1.07 bits per heavy atom. The second kappa shape index (κ2) is 35.0. The molecule has 6 aliphatic rings. The normalized spacial score (nSPS) is 15.8. The first kappa shape index (κ1) is 77.3. The van der Waals surface area contributed by atoms with Crippen molar-refractivity contribution in [3.05, 3.63) is 227 Å². The number of likely N-dealkylation sites (N-methyl/N-ethyl adjacent to an activating group) is 1. The third kappa shape index (κ3) is 18.9. The highest BCUT2D eigenvalue weighted by atomic mass is 19.1. The van der Waals surface area contributed by atoms with E-state index in [0.717, 1.165) is 67.1 Å². The van der Waals surface area contributed by atoms with Crippen LogP contribution in [0.4, 0.5) is 69.1 Å². The number of ether oxygens (including phenoxy) is 2. The summed E-state index contributed by atoms with van der Waals surface area (Å²) in [5, 5.41) is 36.6. The predicted molar refractivity (Wildman–Crippen MR) is 409 cm³/mol. The summed E-state index contributed by atoms with van der Waals surface area (Å²) in [6.45, 7) is 14.1. The van der Waals surface area contributed by atoms with E-state index in [4.69, 9.17) is 19.7 Å². The highest BCUT2D eigenvalue weighted by Crippen LogP contribution is 2.33. The van der Waals surface area contributed by atoms with Crippen LogP contribution < -0.4 is 48.7 Å². The number of hydrogen-bond donors (Lipinski definition) is 4. The molecule has 0 saturated carbocycles. The van der Waals surface area contributed by atoms with Crippen molar-refractivity contribution in [3.63, 3.8) is 0 Å². The van der Waals surface area contributed by atoms with Gasteiger partial charge in [-0.25, -0.2) is 42.7 Å². The number of anilines is 8. The van der Waals surface area contributed by atoms with Crippen LogP contribution in [0.2, 0.25) is 0 Å². The average molecular weight is 1490 g/mol. The SMILES string of the molecule is CN1CCN(C(=O)COc2ccc(N3CCN(c4cccc(C(=O)O)c4)C3=O)cc2)CC1.Cc1ccc(N2CCN(c3cc(C(=O)O)ccc3C)C2=O)cc1.Cc1ccc(N2CCN(c3cccc(C(=O)O)c3)C2=O)c(F)c1.O=C(O)c1cccc(N2CCN(c3ccc(OCC(=O)N4CCCCC4)cc3)C2=O)c1. The zero-order valence-electron chi connectivity index (χ0n) is 60.7. The van der Waals surface area contributed by atoms with Gasteiger partial charge < -0.3 is 44.6 Å². The maximum atomic E-state index is 14.1. The third-order valence-electron chi connectivity index (χ3n) is 19.3. The molecule has 0 bridgehead atoms. The van der Waals surface area contributed by atoms with E-state index in [-0.39, 0.29) is 77.1 Å². The quantitative estimate of drug-likeness (QED) is 0.0620. The molecule has 0 unspecified atom stereocenters. The van der Waals surface area contributed by atoms with Crippen LogP contribution in [0.25, 0.3) is 0 Å². The van der Waals surface area contributed by atoms with Crippen LogP contribution in [0, 0.1) is 26.6 Å². The topological polar surface area (TPSA) is 306 Å². The summed E-state index contributed by atoms with van der Waals surface area (Å²) in [5.74, 6) is -3.45. The fourth-order valence-electron chi connectivity index (χ4n) is 13.2. The second-order valence-corrected chi connectivity index (χ2v) is 26.7. The Morgan fingerprint density at radius 1 is 0.339 bits per heavy atom. The smallest absolute Gasteiger partial charge is 0.335 e. The number of urea groups is 4. The van der Waals surface area contributed by atoms with Crippen molar-refractivity contribution in [1.82, 2.24) is 14.7 Å². The van der Waals surface area contributed by atoms with Gasteiger partial charge in [0.25, 0.3) is 11.8 Å². The molecule has 6 aliphatic heterocycles. The number of likely N-dealkylation sites (tertiary alicyclic amines) is 1. The summed E-state index contributed by atoms with van der Waals surface area (Å²) < 4.78 is 25.4. The molecule has 6 fully saturated rings. The van der Waals surface area contributed by atoms with Gasteiger partial charge in [0.2, 0.25) is 0 Å². The van der Waals surface area contributed by atoms with Gasteiger partial charge in [-0.05, 0) is 198 Å². The zero-order valence-corrected chi connectivity index (χ0v) is 60.7. The fourth-order valence-corrected chi connectivity index (χ4v) is 13.2. The monoisotopic (exact) mass is 1490 g/mol. The first-order chi connectivity index (χ1) is 52.4. The minimum Gasteiger partial charge on any atom is -0.484 e. The van der Waals surface area contributed by atoms with E-state index in [2.05, 4.69) is 4.90 Å². The van der Waals surface area contributed by atoms with Crippen molar-refractivity contribution in [1.29, 1.82) is 0 Å². The summed E-state index contributed by atoms with van der Waals surface area (Å²) in [7, 11) is 2.04. The lowest BCUT2D eigenvalue weighted by Crippen LogP contribution is -2.48. The molecule has 0 aliphatic carbocycles. The van der Waals surface area contributed by atoms with Gasteiger partial charge in [0.05, 0.1) is 27.9 Å². The van der Waals surface area contributed by atoms with Crippen molar-refractivity contribution >= 4 is 105 Å². The van der Waals surface area contributed by atoms with E-state index in [1.165, 1.54) is 58.7 Å². The molecule has 8 aromatic carbocycles. The molecule has 0 spiro atoms. The Balaban J connectivity index is 0.000000146. The molecule has 566 valence electrons. The number of piperazine rings is 1. The van der Waals surface area contributed by atoms with Crippen LogP contribution in [0.3, 0.4) is 0 Å². The molecule has 27 nitrogen and oxygen atoms in total. The number of benzene rings is 8. The van der Waals surface area contributed by atoms with E-state index >= 15 is 0 Å². The van der Waals surface area contributed by atoms with Crippen LogP contribution in [0.1, 0.15) is 77.4 Å². The summed E-state index contributed by atoms with van der Waals surface area (Å²) in [4.78, 5) is 139. The van der Waals surface area contributed by atoms with Crippen molar-refractivity contribution < 1.29 is 82.2 Å². The second-order valence-electron chi connectivity index (χ2n) is 26.7. The van der Waals surface area contributed by atoms with Gasteiger partial charge in [-0.15, -0.1) is 0 Å². The molecule has 6 saturated heterocycles. The van der Waals surface area contributed by atoms with E-state index < -0.39 is 29.7 Å². The van der Waals surface area contributed by atoms with Gasteiger partial charge in [-0.1, -0.05) is 48.0 Å². The lowest BCUT2D eigenvalue weighted by atomic mass is 10.1.